The molecule has 120 valence electrons. The van der Waals surface area contributed by atoms with Gasteiger partial charge in [0, 0.05) is 5.41 Å². The maximum absolute atomic E-state index is 12.2. The molecule has 0 bridgehead atoms. The van der Waals surface area contributed by atoms with Gasteiger partial charge in [-0.05, 0) is 36.0 Å². The third-order valence-electron chi connectivity index (χ3n) is 4.45. The molecule has 3 aromatic rings. The van der Waals surface area contributed by atoms with E-state index in [9.17, 15) is 4.79 Å². The summed E-state index contributed by atoms with van der Waals surface area (Å²) in [5, 5.41) is 0. The van der Waals surface area contributed by atoms with E-state index in [0.29, 0.717) is 0 Å². The number of hydrogen-bond acceptors (Lipinski definition) is 1. The lowest BCUT2D eigenvalue weighted by atomic mass is 9.73. The Balaban J connectivity index is 1.92. The molecule has 0 aliphatic carbocycles. The zero-order valence-electron chi connectivity index (χ0n) is 13.8. The first-order valence-electron chi connectivity index (χ1n) is 8.38. The van der Waals surface area contributed by atoms with E-state index < -0.39 is 5.41 Å². The molecular formula is C23H22O. The highest BCUT2D eigenvalue weighted by Crippen LogP contribution is 2.30. The lowest BCUT2D eigenvalue weighted by Crippen LogP contribution is -2.31. The summed E-state index contributed by atoms with van der Waals surface area (Å²) in [5.41, 5.74) is 3.19. The minimum atomic E-state index is -0.427. The second-order valence-electron chi connectivity index (χ2n) is 6.47. The maximum atomic E-state index is 12.2. The fraction of sp³-hybridized carbons (Fsp3) is 0.174. The van der Waals surface area contributed by atoms with Crippen molar-refractivity contribution in [1.29, 1.82) is 0 Å². The van der Waals surface area contributed by atoms with Crippen LogP contribution in [0.4, 0.5) is 0 Å². The van der Waals surface area contributed by atoms with Crippen molar-refractivity contribution in [2.24, 2.45) is 5.41 Å². The van der Waals surface area contributed by atoms with Crippen LogP contribution < -0.4 is 0 Å². The van der Waals surface area contributed by atoms with Crippen LogP contribution in [0, 0.1) is 5.41 Å². The van der Waals surface area contributed by atoms with Crippen molar-refractivity contribution < 1.29 is 4.79 Å². The Morgan fingerprint density at radius 1 is 0.542 bits per heavy atom. The molecular weight excluding hydrogens is 292 g/mol. The van der Waals surface area contributed by atoms with E-state index in [0.717, 1.165) is 19.3 Å². The monoisotopic (exact) mass is 314 g/mol. The second-order valence-corrected chi connectivity index (χ2v) is 6.47. The zero-order valence-corrected chi connectivity index (χ0v) is 13.8. The number of carbonyl (C=O) groups is 1. The van der Waals surface area contributed by atoms with Gasteiger partial charge in [-0.25, -0.2) is 0 Å². The molecule has 0 radical (unpaired) electrons. The van der Waals surface area contributed by atoms with Gasteiger partial charge < -0.3 is 4.79 Å². The van der Waals surface area contributed by atoms with Crippen LogP contribution >= 0.6 is 0 Å². The molecule has 0 unspecified atom stereocenters. The summed E-state index contributed by atoms with van der Waals surface area (Å²) in [6.07, 6.45) is 3.42. The van der Waals surface area contributed by atoms with Crippen LogP contribution in [0.3, 0.4) is 0 Å². The summed E-state index contributed by atoms with van der Waals surface area (Å²) in [5.74, 6) is 0. The van der Waals surface area contributed by atoms with Gasteiger partial charge in [0.15, 0.2) is 0 Å². The molecule has 0 spiro atoms. The molecule has 0 aromatic heterocycles. The normalized spacial score (nSPS) is 11.2. The summed E-state index contributed by atoms with van der Waals surface area (Å²) < 4.78 is 0. The van der Waals surface area contributed by atoms with Crippen molar-refractivity contribution in [2.45, 2.75) is 19.3 Å². The van der Waals surface area contributed by atoms with Crippen molar-refractivity contribution in [3.05, 3.63) is 108 Å². The average molecular weight is 314 g/mol. The number of aldehydes is 1. The van der Waals surface area contributed by atoms with Crippen LogP contribution in [0.15, 0.2) is 91.0 Å². The maximum Gasteiger partial charge on any atom is 0.127 e. The molecule has 0 saturated heterocycles. The molecule has 0 aliphatic heterocycles. The SMILES string of the molecule is O=CC(Cc1ccccc1)(Cc1ccccc1)Cc1ccccc1. The summed E-state index contributed by atoms with van der Waals surface area (Å²) >= 11 is 0. The Hall–Kier alpha value is -2.67. The van der Waals surface area contributed by atoms with Gasteiger partial charge in [-0.3, -0.25) is 0 Å². The van der Waals surface area contributed by atoms with Crippen molar-refractivity contribution in [1.82, 2.24) is 0 Å². The van der Waals surface area contributed by atoms with Gasteiger partial charge in [0.05, 0.1) is 0 Å². The number of rotatable bonds is 7. The molecule has 24 heavy (non-hydrogen) atoms. The standard InChI is InChI=1S/C23H22O/c24-19-23(16-20-10-4-1-5-11-20,17-21-12-6-2-7-13-21)18-22-14-8-3-9-15-22/h1-15,19H,16-18H2. The minimum absolute atomic E-state index is 0.427. The predicted octanol–water partition coefficient (Wildman–Crippen LogP) is 4.90. The van der Waals surface area contributed by atoms with Gasteiger partial charge in [-0.1, -0.05) is 91.0 Å². The molecule has 0 heterocycles. The molecule has 3 aromatic carbocycles. The van der Waals surface area contributed by atoms with Crippen molar-refractivity contribution in [3.8, 4) is 0 Å². The first kappa shape index (κ1) is 16.2. The minimum Gasteiger partial charge on any atom is -0.303 e. The van der Waals surface area contributed by atoms with E-state index in [1.807, 2.05) is 54.6 Å². The fourth-order valence-electron chi connectivity index (χ4n) is 3.32. The van der Waals surface area contributed by atoms with Gasteiger partial charge in [-0.2, -0.15) is 0 Å². The molecule has 0 fully saturated rings. The average Bonchev–Trinajstić information content (AvgIpc) is 2.64. The summed E-state index contributed by atoms with van der Waals surface area (Å²) in [6, 6.07) is 30.9. The first-order chi connectivity index (χ1) is 11.8. The third kappa shape index (κ3) is 4.20. The largest absolute Gasteiger partial charge is 0.303 e. The summed E-state index contributed by atoms with van der Waals surface area (Å²) in [6.45, 7) is 0. The van der Waals surface area contributed by atoms with Crippen molar-refractivity contribution in [3.63, 3.8) is 0 Å². The Bertz CT molecular complexity index is 646. The van der Waals surface area contributed by atoms with Gasteiger partial charge in [-0.15, -0.1) is 0 Å². The Kier molecular flexibility index (Phi) is 5.22. The third-order valence-corrected chi connectivity index (χ3v) is 4.45. The smallest absolute Gasteiger partial charge is 0.127 e. The molecule has 1 nitrogen and oxygen atoms in total. The van der Waals surface area contributed by atoms with E-state index in [-0.39, 0.29) is 0 Å². The van der Waals surface area contributed by atoms with E-state index >= 15 is 0 Å². The highest BCUT2D eigenvalue weighted by atomic mass is 16.1. The highest BCUT2D eigenvalue weighted by Gasteiger charge is 2.30. The van der Waals surface area contributed by atoms with E-state index in [2.05, 4.69) is 36.4 Å². The molecule has 0 aliphatic rings. The Labute approximate surface area is 144 Å². The number of carbonyl (C=O) groups excluding carboxylic acids is 1. The number of hydrogen-bond donors (Lipinski definition) is 0. The van der Waals surface area contributed by atoms with Crippen LogP contribution in [0.1, 0.15) is 16.7 Å². The Morgan fingerprint density at radius 3 is 1.08 bits per heavy atom. The van der Waals surface area contributed by atoms with Crippen molar-refractivity contribution >= 4 is 6.29 Å². The van der Waals surface area contributed by atoms with Gasteiger partial charge >= 0.3 is 0 Å². The van der Waals surface area contributed by atoms with Gasteiger partial charge in [0.25, 0.3) is 0 Å². The molecule has 0 amide bonds. The van der Waals surface area contributed by atoms with Crippen LogP contribution in [0.25, 0.3) is 0 Å². The molecule has 0 saturated carbocycles. The topological polar surface area (TPSA) is 17.1 Å². The fourth-order valence-corrected chi connectivity index (χ4v) is 3.32. The summed E-state index contributed by atoms with van der Waals surface area (Å²) in [7, 11) is 0. The van der Waals surface area contributed by atoms with E-state index in [1.165, 1.54) is 23.0 Å². The molecule has 0 N–H and O–H groups in total. The molecule has 3 rings (SSSR count). The second kappa shape index (κ2) is 7.74. The zero-order chi connectivity index (χ0) is 16.7. The van der Waals surface area contributed by atoms with E-state index in [4.69, 9.17) is 0 Å². The van der Waals surface area contributed by atoms with E-state index in [1.54, 1.807) is 0 Å². The highest BCUT2D eigenvalue weighted by molar-refractivity contribution is 5.62. The van der Waals surface area contributed by atoms with Crippen LogP contribution in [-0.4, -0.2) is 6.29 Å². The summed E-state index contributed by atoms with van der Waals surface area (Å²) in [4.78, 5) is 12.2. The van der Waals surface area contributed by atoms with Crippen molar-refractivity contribution in [2.75, 3.05) is 0 Å². The molecule has 1 heteroatoms. The van der Waals surface area contributed by atoms with Crippen LogP contribution in [0.5, 0.6) is 0 Å². The lowest BCUT2D eigenvalue weighted by molar-refractivity contribution is -0.116. The quantitative estimate of drug-likeness (QED) is 0.567. The van der Waals surface area contributed by atoms with Crippen LogP contribution in [-0.2, 0) is 24.1 Å². The predicted molar refractivity (Wildman–Crippen MR) is 98.9 cm³/mol. The Morgan fingerprint density at radius 2 is 0.833 bits per heavy atom. The molecule has 0 atom stereocenters. The first-order valence-corrected chi connectivity index (χ1v) is 8.38. The van der Waals surface area contributed by atoms with Gasteiger partial charge in [0.2, 0.25) is 0 Å². The van der Waals surface area contributed by atoms with Crippen LogP contribution in [0.2, 0.25) is 0 Å². The van der Waals surface area contributed by atoms with Gasteiger partial charge in [0.1, 0.15) is 6.29 Å². The lowest BCUT2D eigenvalue weighted by Gasteiger charge is -2.29. The number of benzene rings is 3.